The number of aryl methyl sites for hydroxylation is 1. The summed E-state index contributed by atoms with van der Waals surface area (Å²) in [7, 11) is 1.68. The van der Waals surface area contributed by atoms with Gasteiger partial charge in [0.05, 0.1) is 23.6 Å². The van der Waals surface area contributed by atoms with Crippen molar-refractivity contribution in [2.24, 2.45) is 0 Å². The van der Waals surface area contributed by atoms with Crippen LogP contribution in [0.15, 0.2) is 24.4 Å². The second kappa shape index (κ2) is 6.59. The monoisotopic (exact) mass is 456 g/mol. The lowest BCUT2D eigenvalue weighted by atomic mass is 9.95. The molecular weight excluding hydrogens is 432 g/mol. The molecule has 0 radical (unpaired) electrons. The van der Waals surface area contributed by atoms with Crippen molar-refractivity contribution in [2.45, 2.75) is 50.2 Å². The molecule has 2 atom stereocenters. The van der Waals surface area contributed by atoms with E-state index in [1.165, 1.54) is 16.0 Å². The van der Waals surface area contributed by atoms with Crippen LogP contribution in [0.3, 0.4) is 0 Å². The number of hydrogen-bond acceptors (Lipinski definition) is 4. The maximum absolute atomic E-state index is 12.6. The summed E-state index contributed by atoms with van der Waals surface area (Å²) in [6.07, 6.45) is 9.54. The van der Waals surface area contributed by atoms with Crippen molar-refractivity contribution in [3.8, 4) is 0 Å². The number of urea groups is 1. The van der Waals surface area contributed by atoms with E-state index in [-0.39, 0.29) is 23.9 Å². The first-order valence-electron chi connectivity index (χ1n) is 11.7. The third-order valence-corrected chi connectivity index (χ3v) is 7.92. The molecule has 0 saturated carbocycles. The number of rotatable bonds is 2. The molecule has 2 aliphatic carbocycles. The summed E-state index contributed by atoms with van der Waals surface area (Å²) in [6.45, 7) is 0.607. The molecule has 4 aliphatic rings. The molecule has 1 fully saturated rings. The number of aromatic nitrogens is 3. The van der Waals surface area contributed by atoms with Gasteiger partial charge in [0.25, 0.3) is 5.91 Å². The normalized spacial score (nSPS) is 22.2. The molecule has 172 valence electrons. The molecule has 2 aliphatic heterocycles. The number of imide groups is 1. The van der Waals surface area contributed by atoms with Gasteiger partial charge in [0.15, 0.2) is 0 Å². The van der Waals surface area contributed by atoms with Crippen LogP contribution in [0.5, 0.6) is 0 Å². The van der Waals surface area contributed by atoms with E-state index < -0.39 is 5.54 Å². The number of nitrogens with one attached hydrogen (secondary N) is 3. The van der Waals surface area contributed by atoms with E-state index in [1.807, 2.05) is 6.07 Å². The van der Waals surface area contributed by atoms with Gasteiger partial charge in [0.1, 0.15) is 11.4 Å². The van der Waals surface area contributed by atoms with Crippen LogP contribution in [0.4, 0.5) is 4.79 Å². The van der Waals surface area contributed by atoms with Crippen LogP contribution in [-0.2, 0) is 35.4 Å². The topological polar surface area (TPSA) is 112 Å². The van der Waals surface area contributed by atoms with E-state index in [4.69, 9.17) is 4.98 Å². The summed E-state index contributed by atoms with van der Waals surface area (Å²) < 4.78 is 2.22. The number of carbonyl (C=O) groups is 3. The molecule has 4 amide bonds. The summed E-state index contributed by atoms with van der Waals surface area (Å²) >= 11 is 0. The fourth-order valence-corrected chi connectivity index (χ4v) is 6.14. The lowest BCUT2D eigenvalue weighted by Gasteiger charge is -2.27. The van der Waals surface area contributed by atoms with Gasteiger partial charge < -0.3 is 19.8 Å². The zero-order chi connectivity index (χ0) is 23.2. The Morgan fingerprint density at radius 3 is 2.74 bits per heavy atom. The Labute approximate surface area is 195 Å². The molecule has 1 aromatic carbocycles. The third-order valence-electron chi connectivity index (χ3n) is 7.92. The number of imidazole rings is 1. The molecule has 34 heavy (non-hydrogen) atoms. The smallest absolute Gasteiger partial charge is 0.324 e. The van der Waals surface area contributed by atoms with Crippen molar-refractivity contribution in [3.63, 3.8) is 0 Å². The highest BCUT2D eigenvalue weighted by Gasteiger charge is 2.54. The SMILES string of the molecule is CN1C(=O)NC(=O)C12Cc1cc3nc(Cn4cc5c6c4C=CCC6NC(=O)CC5)[nH]c3cc1C2. The van der Waals surface area contributed by atoms with Crippen molar-refractivity contribution in [1.82, 2.24) is 30.1 Å². The number of fused-ring (bicyclic) bond motifs is 2. The quantitative estimate of drug-likeness (QED) is 0.512. The molecule has 1 spiro atoms. The first-order chi connectivity index (χ1) is 16.4. The third kappa shape index (κ3) is 2.60. The number of carbonyl (C=O) groups excluding carboxylic acids is 3. The van der Waals surface area contributed by atoms with Gasteiger partial charge in [-0.2, -0.15) is 0 Å². The van der Waals surface area contributed by atoms with Crippen molar-refractivity contribution in [3.05, 3.63) is 58.2 Å². The van der Waals surface area contributed by atoms with Crippen LogP contribution in [0.25, 0.3) is 17.1 Å². The van der Waals surface area contributed by atoms with Gasteiger partial charge in [-0.1, -0.05) is 6.08 Å². The Balaban J connectivity index is 1.21. The Bertz CT molecular complexity index is 1420. The van der Waals surface area contributed by atoms with Gasteiger partial charge in [-0.3, -0.25) is 14.9 Å². The summed E-state index contributed by atoms with van der Waals surface area (Å²) in [5.74, 6) is 0.754. The van der Waals surface area contributed by atoms with Gasteiger partial charge in [-0.05, 0) is 47.7 Å². The average molecular weight is 457 g/mol. The van der Waals surface area contributed by atoms with Gasteiger partial charge in [-0.15, -0.1) is 0 Å². The number of H-pyrrole nitrogens is 1. The average Bonchev–Trinajstić information content (AvgIpc) is 3.49. The number of aromatic amines is 1. The van der Waals surface area contributed by atoms with E-state index >= 15 is 0 Å². The number of amides is 4. The Morgan fingerprint density at radius 2 is 1.94 bits per heavy atom. The predicted molar refractivity (Wildman–Crippen MR) is 124 cm³/mol. The molecule has 2 unspecified atom stereocenters. The molecule has 1 saturated heterocycles. The van der Waals surface area contributed by atoms with Crippen molar-refractivity contribution in [1.29, 1.82) is 0 Å². The second-order valence-electron chi connectivity index (χ2n) is 9.86. The fraction of sp³-hybridized carbons (Fsp3) is 0.360. The highest BCUT2D eigenvalue weighted by atomic mass is 16.2. The van der Waals surface area contributed by atoms with E-state index in [2.05, 4.69) is 44.6 Å². The summed E-state index contributed by atoms with van der Waals surface area (Å²) in [5, 5.41) is 5.60. The van der Waals surface area contributed by atoms with Crippen molar-refractivity contribution < 1.29 is 14.4 Å². The van der Waals surface area contributed by atoms with E-state index in [1.54, 1.807) is 7.05 Å². The maximum Gasteiger partial charge on any atom is 0.324 e. The molecule has 3 aromatic rings. The summed E-state index contributed by atoms with van der Waals surface area (Å²) in [4.78, 5) is 46.5. The van der Waals surface area contributed by atoms with E-state index in [9.17, 15) is 14.4 Å². The number of hydrogen-bond donors (Lipinski definition) is 3. The van der Waals surface area contributed by atoms with Crippen LogP contribution >= 0.6 is 0 Å². The Morgan fingerprint density at radius 1 is 1.12 bits per heavy atom. The predicted octanol–water partition coefficient (Wildman–Crippen LogP) is 1.95. The second-order valence-corrected chi connectivity index (χ2v) is 9.86. The van der Waals surface area contributed by atoms with E-state index in [0.717, 1.165) is 46.5 Å². The fourth-order valence-electron chi connectivity index (χ4n) is 6.14. The first-order valence-corrected chi connectivity index (χ1v) is 11.7. The van der Waals surface area contributed by atoms with Crippen molar-refractivity contribution >= 4 is 35.0 Å². The van der Waals surface area contributed by atoms with Crippen LogP contribution in [0.1, 0.15) is 52.7 Å². The standard InChI is InChI=1S/C25H24N6O3/c1-30-24(34)29-23(33)25(30)9-14-7-17-18(8-15(14)10-25)27-20(26-17)12-31-11-13-5-6-21(32)28-16-3-2-4-19(31)22(13)16/h2,4,7-8,11,16H,3,5-6,9-10,12H2,1H3,(H,26,27)(H,28,32)(H,29,33,34). The van der Waals surface area contributed by atoms with Gasteiger partial charge in [0, 0.05) is 43.8 Å². The Kier molecular flexibility index (Phi) is 3.79. The van der Waals surface area contributed by atoms with Crippen LogP contribution in [0.2, 0.25) is 0 Å². The highest BCUT2D eigenvalue weighted by molar-refractivity contribution is 6.07. The maximum atomic E-state index is 12.6. The number of benzene rings is 1. The molecule has 3 N–H and O–H groups in total. The minimum absolute atomic E-state index is 0.0509. The summed E-state index contributed by atoms with van der Waals surface area (Å²) in [6, 6.07) is 3.83. The van der Waals surface area contributed by atoms with Crippen LogP contribution in [-0.4, -0.2) is 49.9 Å². The Hall–Kier alpha value is -3.88. The highest BCUT2D eigenvalue weighted by Crippen LogP contribution is 2.39. The molecule has 4 heterocycles. The molecule has 2 aromatic heterocycles. The minimum atomic E-state index is -0.828. The molecule has 9 nitrogen and oxygen atoms in total. The lowest BCUT2D eigenvalue weighted by molar-refractivity contribution is -0.126. The first kappa shape index (κ1) is 19.6. The molecule has 9 heteroatoms. The molecule has 0 bridgehead atoms. The zero-order valence-corrected chi connectivity index (χ0v) is 18.8. The summed E-state index contributed by atoms with van der Waals surface area (Å²) in [5.41, 5.74) is 6.71. The van der Waals surface area contributed by atoms with Crippen LogP contribution < -0.4 is 10.6 Å². The van der Waals surface area contributed by atoms with Gasteiger partial charge in [0.2, 0.25) is 5.91 Å². The number of likely N-dealkylation sites (N-methyl/N-ethyl adjacent to an activating group) is 1. The number of nitrogens with zero attached hydrogens (tertiary/aromatic N) is 3. The van der Waals surface area contributed by atoms with Crippen LogP contribution in [0, 0.1) is 0 Å². The van der Waals surface area contributed by atoms with E-state index in [0.29, 0.717) is 25.8 Å². The van der Waals surface area contributed by atoms with Gasteiger partial charge >= 0.3 is 6.03 Å². The largest absolute Gasteiger partial charge is 0.349 e. The zero-order valence-electron chi connectivity index (χ0n) is 18.8. The minimum Gasteiger partial charge on any atom is -0.349 e. The lowest BCUT2D eigenvalue weighted by Crippen LogP contribution is -2.48. The molecule has 7 rings (SSSR count). The van der Waals surface area contributed by atoms with Crippen molar-refractivity contribution in [2.75, 3.05) is 7.05 Å². The van der Waals surface area contributed by atoms with Gasteiger partial charge in [-0.25, -0.2) is 9.78 Å². The molecular formula is C25H24N6O3.